The molecule has 0 aliphatic carbocycles. The summed E-state index contributed by atoms with van der Waals surface area (Å²) in [6, 6.07) is 8.00. The Labute approximate surface area is 97.3 Å². The van der Waals surface area contributed by atoms with Crippen molar-refractivity contribution in [3.05, 3.63) is 35.4 Å². The van der Waals surface area contributed by atoms with Crippen molar-refractivity contribution in [1.82, 2.24) is 0 Å². The standard InChI is InChI=1S/C12H18O3P/c1-9(2)12-6-4-11(5-7-12)8-15-16(14)10(3)13/h4-7,9-10,13H,8H2,1-3H3/q+1. The van der Waals surface area contributed by atoms with Gasteiger partial charge >= 0.3 is 8.03 Å². The minimum Gasteiger partial charge on any atom is -0.349 e. The highest BCUT2D eigenvalue weighted by Gasteiger charge is 2.25. The van der Waals surface area contributed by atoms with Gasteiger partial charge in [0.25, 0.3) is 5.85 Å². The Morgan fingerprint density at radius 1 is 1.25 bits per heavy atom. The minimum absolute atomic E-state index is 0.276. The molecule has 1 N–H and O–H groups in total. The third kappa shape index (κ3) is 4.01. The summed E-state index contributed by atoms with van der Waals surface area (Å²) in [5.74, 6) is -0.408. The second-order valence-electron chi connectivity index (χ2n) is 4.09. The van der Waals surface area contributed by atoms with Crippen molar-refractivity contribution >= 4 is 8.03 Å². The summed E-state index contributed by atoms with van der Waals surface area (Å²) in [4.78, 5) is 0. The van der Waals surface area contributed by atoms with Crippen LogP contribution in [-0.4, -0.2) is 11.0 Å². The van der Waals surface area contributed by atoms with E-state index in [9.17, 15) is 4.57 Å². The molecule has 0 aromatic heterocycles. The second-order valence-corrected chi connectivity index (χ2v) is 5.66. The Bertz CT molecular complexity index is 344. The number of aliphatic hydroxyl groups is 1. The molecule has 0 heterocycles. The first-order chi connectivity index (χ1) is 7.50. The van der Waals surface area contributed by atoms with E-state index >= 15 is 0 Å². The molecule has 0 aliphatic rings. The van der Waals surface area contributed by atoms with Gasteiger partial charge in [0, 0.05) is 6.92 Å². The van der Waals surface area contributed by atoms with Gasteiger partial charge in [-0.1, -0.05) is 38.1 Å². The van der Waals surface area contributed by atoms with Crippen LogP contribution in [0.3, 0.4) is 0 Å². The highest BCUT2D eigenvalue weighted by atomic mass is 31.1. The van der Waals surface area contributed by atoms with Gasteiger partial charge in [-0.3, -0.25) is 0 Å². The van der Waals surface area contributed by atoms with Gasteiger partial charge in [0.05, 0.1) is 0 Å². The van der Waals surface area contributed by atoms with Crippen molar-refractivity contribution in [1.29, 1.82) is 0 Å². The fourth-order valence-electron chi connectivity index (χ4n) is 1.24. The molecule has 0 fully saturated rings. The Balaban J connectivity index is 2.53. The smallest absolute Gasteiger partial charge is 0.349 e. The lowest BCUT2D eigenvalue weighted by Crippen LogP contribution is -1.96. The lowest BCUT2D eigenvalue weighted by Gasteiger charge is -2.05. The minimum atomic E-state index is -1.98. The number of rotatable bonds is 5. The Hall–Kier alpha value is -0.760. The number of aliphatic hydroxyl groups excluding tert-OH is 1. The molecule has 2 atom stereocenters. The maximum Gasteiger partial charge on any atom is 0.540 e. The van der Waals surface area contributed by atoms with Crippen LogP contribution in [0.1, 0.15) is 37.8 Å². The molecule has 0 radical (unpaired) electrons. The zero-order valence-corrected chi connectivity index (χ0v) is 10.8. The summed E-state index contributed by atoms with van der Waals surface area (Å²) < 4.78 is 16.2. The quantitative estimate of drug-likeness (QED) is 0.803. The van der Waals surface area contributed by atoms with Crippen LogP contribution in [0.25, 0.3) is 0 Å². The SMILES string of the molecule is CC(C)c1ccc(CO[P+](=O)C(C)O)cc1. The predicted octanol–water partition coefficient (Wildman–Crippen LogP) is 3.41. The van der Waals surface area contributed by atoms with Crippen molar-refractivity contribution in [2.45, 2.75) is 39.1 Å². The third-order valence-corrected chi connectivity index (χ3v) is 3.30. The summed E-state index contributed by atoms with van der Waals surface area (Å²) in [5.41, 5.74) is 2.23. The van der Waals surface area contributed by atoms with Gasteiger partial charge in [0.15, 0.2) is 0 Å². The molecular weight excluding hydrogens is 223 g/mol. The molecule has 1 rings (SSSR count). The lowest BCUT2D eigenvalue weighted by molar-refractivity contribution is 0.228. The average molecular weight is 241 g/mol. The second kappa shape index (κ2) is 6.09. The Morgan fingerprint density at radius 2 is 1.81 bits per heavy atom. The van der Waals surface area contributed by atoms with Crippen LogP contribution in [-0.2, 0) is 15.7 Å². The first kappa shape index (κ1) is 13.3. The molecule has 16 heavy (non-hydrogen) atoms. The van der Waals surface area contributed by atoms with Crippen LogP contribution >= 0.6 is 8.03 Å². The predicted molar refractivity (Wildman–Crippen MR) is 64.6 cm³/mol. The van der Waals surface area contributed by atoms with Gasteiger partial charge in [0.2, 0.25) is 0 Å². The van der Waals surface area contributed by atoms with Crippen LogP contribution in [0.15, 0.2) is 24.3 Å². The molecular formula is C12H18O3P+. The molecule has 4 heteroatoms. The molecule has 3 nitrogen and oxygen atoms in total. The van der Waals surface area contributed by atoms with Crippen LogP contribution in [0.2, 0.25) is 0 Å². The van der Waals surface area contributed by atoms with Crippen molar-refractivity contribution in [2.75, 3.05) is 0 Å². The summed E-state index contributed by atoms with van der Waals surface area (Å²) in [6.07, 6.45) is 0. The van der Waals surface area contributed by atoms with Gasteiger partial charge in [-0.05, 0) is 21.6 Å². The number of hydrogen-bond donors (Lipinski definition) is 1. The Morgan fingerprint density at radius 3 is 2.25 bits per heavy atom. The zero-order valence-electron chi connectivity index (χ0n) is 9.88. The topological polar surface area (TPSA) is 46.5 Å². The number of hydrogen-bond acceptors (Lipinski definition) is 3. The molecule has 0 spiro atoms. The van der Waals surface area contributed by atoms with E-state index in [0.29, 0.717) is 5.92 Å². The highest BCUT2D eigenvalue weighted by molar-refractivity contribution is 7.39. The van der Waals surface area contributed by atoms with E-state index in [1.165, 1.54) is 12.5 Å². The van der Waals surface area contributed by atoms with Crippen LogP contribution in [0.5, 0.6) is 0 Å². The van der Waals surface area contributed by atoms with Gasteiger partial charge in [0.1, 0.15) is 6.61 Å². The third-order valence-electron chi connectivity index (χ3n) is 2.31. The molecule has 2 unspecified atom stereocenters. The number of benzene rings is 1. The molecule has 1 aromatic carbocycles. The van der Waals surface area contributed by atoms with Gasteiger partial charge in [-0.15, -0.1) is 4.52 Å². The maximum atomic E-state index is 11.2. The lowest BCUT2D eigenvalue weighted by atomic mass is 10.0. The molecule has 0 saturated carbocycles. The van der Waals surface area contributed by atoms with Crippen molar-refractivity contribution in [2.24, 2.45) is 0 Å². The van der Waals surface area contributed by atoms with E-state index in [1.54, 1.807) is 0 Å². The van der Waals surface area contributed by atoms with E-state index in [0.717, 1.165) is 5.56 Å². The van der Waals surface area contributed by atoms with E-state index in [2.05, 4.69) is 13.8 Å². The Kier molecular flexibility index (Phi) is 5.07. The van der Waals surface area contributed by atoms with E-state index in [4.69, 9.17) is 9.63 Å². The van der Waals surface area contributed by atoms with Crippen LogP contribution in [0, 0.1) is 0 Å². The summed E-state index contributed by atoms with van der Waals surface area (Å²) in [7, 11) is -1.98. The van der Waals surface area contributed by atoms with Crippen molar-refractivity contribution in [3.8, 4) is 0 Å². The molecule has 0 bridgehead atoms. The summed E-state index contributed by atoms with van der Waals surface area (Å²) in [6.45, 7) is 6.00. The monoisotopic (exact) mass is 241 g/mol. The fraction of sp³-hybridized carbons (Fsp3) is 0.500. The van der Waals surface area contributed by atoms with Crippen molar-refractivity contribution < 1.29 is 14.2 Å². The maximum absolute atomic E-state index is 11.2. The van der Waals surface area contributed by atoms with Gasteiger partial charge in [-0.2, -0.15) is 0 Å². The molecule has 88 valence electrons. The first-order valence-electron chi connectivity index (χ1n) is 5.37. The molecule has 0 aliphatic heterocycles. The highest BCUT2D eigenvalue weighted by Crippen LogP contribution is 2.28. The average Bonchev–Trinajstić information content (AvgIpc) is 2.26. The molecule has 0 saturated heterocycles. The molecule has 0 amide bonds. The van der Waals surface area contributed by atoms with Crippen LogP contribution < -0.4 is 0 Å². The zero-order chi connectivity index (χ0) is 12.1. The van der Waals surface area contributed by atoms with Crippen LogP contribution in [0.4, 0.5) is 0 Å². The van der Waals surface area contributed by atoms with E-state index < -0.39 is 13.9 Å². The first-order valence-corrected chi connectivity index (χ1v) is 6.61. The van der Waals surface area contributed by atoms with Crippen molar-refractivity contribution in [3.63, 3.8) is 0 Å². The van der Waals surface area contributed by atoms with E-state index in [-0.39, 0.29) is 6.61 Å². The van der Waals surface area contributed by atoms with Gasteiger partial charge in [-0.25, -0.2) is 0 Å². The summed E-state index contributed by atoms with van der Waals surface area (Å²) >= 11 is 0. The molecule has 1 aromatic rings. The normalized spacial score (nSPS) is 13.9. The van der Waals surface area contributed by atoms with E-state index in [1.807, 2.05) is 24.3 Å². The fourth-order valence-corrected chi connectivity index (χ4v) is 1.74. The van der Waals surface area contributed by atoms with Gasteiger partial charge < -0.3 is 5.11 Å². The summed E-state index contributed by atoms with van der Waals surface area (Å²) in [5, 5.41) is 9.01. The largest absolute Gasteiger partial charge is 0.540 e.